The highest BCUT2D eigenvalue weighted by Gasteiger charge is 2.03. The second kappa shape index (κ2) is 3.26. The number of nitrogens with zero attached hydrogens (tertiary/aromatic N) is 2. The molecule has 4 nitrogen and oxygen atoms in total. The molecule has 0 aliphatic rings. The molecule has 1 aromatic heterocycles. The van der Waals surface area contributed by atoms with Gasteiger partial charge in [-0.2, -0.15) is 0 Å². The Morgan fingerprint density at radius 3 is 3.08 bits per heavy atom. The van der Waals surface area contributed by atoms with Crippen molar-refractivity contribution < 1.29 is 9.15 Å². The summed E-state index contributed by atoms with van der Waals surface area (Å²) in [7, 11) is 1.61. The molecule has 0 aliphatic heterocycles. The van der Waals surface area contributed by atoms with Crippen molar-refractivity contribution in [2.24, 2.45) is 0 Å². The van der Waals surface area contributed by atoms with E-state index in [0.717, 1.165) is 11.3 Å². The normalized spacial score (nSPS) is 9.92. The second-order valence-electron chi connectivity index (χ2n) is 2.43. The summed E-state index contributed by atoms with van der Waals surface area (Å²) in [6, 6.07) is 7.40. The summed E-state index contributed by atoms with van der Waals surface area (Å²) >= 11 is 0. The zero-order chi connectivity index (χ0) is 9.10. The van der Waals surface area contributed by atoms with Crippen LogP contribution in [0.25, 0.3) is 11.5 Å². The van der Waals surface area contributed by atoms with Crippen molar-refractivity contribution in [3.8, 4) is 17.2 Å². The van der Waals surface area contributed by atoms with E-state index in [2.05, 4.69) is 16.6 Å². The number of aromatic nitrogens is 2. The fourth-order valence-corrected chi connectivity index (χ4v) is 1.02. The summed E-state index contributed by atoms with van der Waals surface area (Å²) in [5.74, 6) is 1.20. The molecule has 2 rings (SSSR count). The van der Waals surface area contributed by atoms with E-state index in [1.807, 2.05) is 24.3 Å². The van der Waals surface area contributed by atoms with E-state index in [9.17, 15) is 0 Å². The van der Waals surface area contributed by atoms with Crippen LogP contribution in [0.2, 0.25) is 0 Å². The summed E-state index contributed by atoms with van der Waals surface area (Å²) in [5.41, 5.74) is 0.827. The van der Waals surface area contributed by atoms with Crippen molar-refractivity contribution in [3.05, 3.63) is 30.7 Å². The van der Waals surface area contributed by atoms with Gasteiger partial charge in [0.25, 0.3) is 0 Å². The first-order chi connectivity index (χ1) is 6.40. The molecule has 4 heteroatoms. The Balaban J connectivity index is 2.41. The second-order valence-corrected chi connectivity index (χ2v) is 2.43. The van der Waals surface area contributed by atoms with Gasteiger partial charge in [0.2, 0.25) is 5.89 Å². The van der Waals surface area contributed by atoms with Crippen LogP contribution in [-0.2, 0) is 0 Å². The molecule has 1 radical (unpaired) electrons. The average molecular weight is 175 g/mol. The van der Waals surface area contributed by atoms with E-state index >= 15 is 0 Å². The Labute approximate surface area is 75.2 Å². The lowest BCUT2D eigenvalue weighted by Crippen LogP contribution is -1.83. The molecule has 2 aromatic rings. The third kappa shape index (κ3) is 1.51. The van der Waals surface area contributed by atoms with Gasteiger partial charge >= 0.3 is 6.39 Å². The quantitative estimate of drug-likeness (QED) is 0.694. The molecule has 0 N–H and O–H groups in total. The maximum absolute atomic E-state index is 5.05. The maximum Gasteiger partial charge on any atom is 0.306 e. The third-order valence-electron chi connectivity index (χ3n) is 1.64. The van der Waals surface area contributed by atoms with Crippen LogP contribution in [0, 0.1) is 6.39 Å². The number of methoxy groups -OCH3 is 1. The molecule has 0 amide bonds. The molecular weight excluding hydrogens is 168 g/mol. The molecule has 0 saturated carbocycles. The van der Waals surface area contributed by atoms with Crippen molar-refractivity contribution in [2.75, 3.05) is 7.11 Å². The first-order valence-corrected chi connectivity index (χ1v) is 3.74. The third-order valence-corrected chi connectivity index (χ3v) is 1.64. The summed E-state index contributed by atoms with van der Waals surface area (Å²) in [6.07, 6.45) is 2.29. The minimum absolute atomic E-state index is 0.443. The predicted octanol–water partition coefficient (Wildman–Crippen LogP) is 1.55. The van der Waals surface area contributed by atoms with Crippen LogP contribution in [0.1, 0.15) is 0 Å². The Kier molecular flexibility index (Phi) is 1.96. The monoisotopic (exact) mass is 175 g/mol. The number of rotatable bonds is 2. The van der Waals surface area contributed by atoms with Crippen LogP contribution in [0.15, 0.2) is 28.7 Å². The van der Waals surface area contributed by atoms with E-state index in [-0.39, 0.29) is 0 Å². The topological polar surface area (TPSA) is 48.2 Å². The van der Waals surface area contributed by atoms with Gasteiger partial charge in [-0.3, -0.25) is 0 Å². The zero-order valence-electron chi connectivity index (χ0n) is 7.02. The van der Waals surface area contributed by atoms with Gasteiger partial charge in [0, 0.05) is 5.56 Å². The minimum atomic E-state index is 0.443. The fraction of sp³-hybridized carbons (Fsp3) is 0.111. The molecule has 0 bridgehead atoms. The lowest BCUT2D eigenvalue weighted by atomic mass is 10.2. The molecular formula is C9H7N2O2. The molecule has 0 aliphatic carbocycles. The van der Waals surface area contributed by atoms with Gasteiger partial charge in [0.05, 0.1) is 7.11 Å². The van der Waals surface area contributed by atoms with Gasteiger partial charge in [0.1, 0.15) is 5.75 Å². The van der Waals surface area contributed by atoms with E-state index in [1.54, 1.807) is 7.11 Å². The minimum Gasteiger partial charge on any atom is -0.497 e. The molecule has 0 spiro atoms. The van der Waals surface area contributed by atoms with Crippen molar-refractivity contribution >= 4 is 0 Å². The summed E-state index contributed by atoms with van der Waals surface area (Å²) in [6.45, 7) is 0. The highest BCUT2D eigenvalue weighted by molar-refractivity contribution is 5.54. The van der Waals surface area contributed by atoms with Gasteiger partial charge in [-0.1, -0.05) is 6.07 Å². The zero-order valence-corrected chi connectivity index (χ0v) is 7.02. The predicted molar refractivity (Wildman–Crippen MR) is 45.1 cm³/mol. The highest BCUT2D eigenvalue weighted by Crippen LogP contribution is 2.20. The van der Waals surface area contributed by atoms with Crippen LogP contribution >= 0.6 is 0 Å². The Bertz CT molecular complexity index is 384. The molecule has 0 atom stereocenters. The number of hydrogen-bond donors (Lipinski definition) is 0. The number of hydrogen-bond acceptors (Lipinski definition) is 4. The summed E-state index contributed by atoms with van der Waals surface area (Å²) < 4.78 is 9.97. The highest BCUT2D eigenvalue weighted by atomic mass is 16.5. The van der Waals surface area contributed by atoms with E-state index in [0.29, 0.717) is 5.89 Å². The molecule has 0 fully saturated rings. The molecule has 65 valence electrons. The summed E-state index contributed by atoms with van der Waals surface area (Å²) in [4.78, 5) is 0. The van der Waals surface area contributed by atoms with Crippen LogP contribution in [0.4, 0.5) is 0 Å². The van der Waals surface area contributed by atoms with Crippen LogP contribution in [-0.4, -0.2) is 17.3 Å². The average Bonchev–Trinajstić information content (AvgIpc) is 2.71. The smallest absolute Gasteiger partial charge is 0.306 e. The molecule has 0 unspecified atom stereocenters. The first kappa shape index (κ1) is 7.79. The number of ether oxygens (including phenoxy) is 1. The van der Waals surface area contributed by atoms with Gasteiger partial charge in [-0.05, 0) is 18.2 Å². The maximum atomic E-state index is 5.05. The lowest BCUT2D eigenvalue weighted by Gasteiger charge is -1.99. The Hall–Kier alpha value is -1.84. The van der Waals surface area contributed by atoms with Crippen molar-refractivity contribution in [1.29, 1.82) is 0 Å². The van der Waals surface area contributed by atoms with Crippen LogP contribution < -0.4 is 4.74 Å². The molecule has 1 heterocycles. The van der Waals surface area contributed by atoms with Gasteiger partial charge < -0.3 is 9.15 Å². The van der Waals surface area contributed by atoms with E-state index in [1.165, 1.54) is 0 Å². The van der Waals surface area contributed by atoms with Crippen LogP contribution in [0.5, 0.6) is 5.75 Å². The molecule has 13 heavy (non-hydrogen) atoms. The molecule has 1 aromatic carbocycles. The molecule has 0 saturated heterocycles. The van der Waals surface area contributed by atoms with Gasteiger partial charge in [-0.25, -0.2) is 0 Å². The van der Waals surface area contributed by atoms with Crippen molar-refractivity contribution in [1.82, 2.24) is 10.2 Å². The Morgan fingerprint density at radius 1 is 1.46 bits per heavy atom. The lowest BCUT2D eigenvalue weighted by molar-refractivity contribution is 0.414. The Morgan fingerprint density at radius 2 is 2.38 bits per heavy atom. The summed E-state index contributed by atoms with van der Waals surface area (Å²) in [5, 5.41) is 7.21. The fourth-order valence-electron chi connectivity index (χ4n) is 1.02. The standard InChI is InChI=1S/C9H7N2O2/c1-12-8-4-2-3-7(5-8)9-11-10-6-13-9/h2-5H,1H3. The van der Waals surface area contributed by atoms with Crippen molar-refractivity contribution in [2.45, 2.75) is 0 Å². The van der Waals surface area contributed by atoms with Crippen LogP contribution in [0.3, 0.4) is 0 Å². The number of benzene rings is 1. The van der Waals surface area contributed by atoms with Gasteiger partial charge in [-0.15, -0.1) is 10.2 Å². The van der Waals surface area contributed by atoms with Gasteiger partial charge in [0.15, 0.2) is 0 Å². The first-order valence-electron chi connectivity index (χ1n) is 3.74. The van der Waals surface area contributed by atoms with E-state index in [4.69, 9.17) is 9.15 Å². The van der Waals surface area contributed by atoms with Crippen molar-refractivity contribution in [3.63, 3.8) is 0 Å². The largest absolute Gasteiger partial charge is 0.497 e. The van der Waals surface area contributed by atoms with E-state index < -0.39 is 0 Å². The SMILES string of the molecule is COc1cccc(-c2nn[c]o2)c1.